The molecule has 0 aliphatic carbocycles. The topological polar surface area (TPSA) is 55.8 Å². The van der Waals surface area contributed by atoms with Gasteiger partial charge in [0.05, 0.1) is 38.8 Å². The zero-order valence-corrected chi connectivity index (χ0v) is 18.8. The number of ether oxygens (including phenoxy) is 2. The number of methoxy groups -OCH3 is 1. The van der Waals surface area contributed by atoms with Crippen LogP contribution in [0.5, 0.6) is 5.75 Å². The van der Waals surface area contributed by atoms with Crippen molar-refractivity contribution in [3.63, 3.8) is 0 Å². The van der Waals surface area contributed by atoms with E-state index in [9.17, 15) is 9.59 Å². The number of carbonyl (C=O) groups is 2. The fraction of sp³-hybridized carbons (Fsp3) is 0.440. The number of carbonyl (C=O) groups excluding carboxylic acids is 2. The first-order valence-corrected chi connectivity index (χ1v) is 10.6. The molecular formula is C25H31NO4. The average Bonchev–Trinajstić information content (AvgIpc) is 2.72. The van der Waals surface area contributed by atoms with Gasteiger partial charge in [0.25, 0.3) is 0 Å². The SMILES string of the molecule is CCOC(=O)Cc1c(C)c2c(c(C)c1CC)CN(c1cccc(C)c1OC)C(=O)C2. The second-order valence-electron chi connectivity index (χ2n) is 7.78. The highest BCUT2D eigenvalue weighted by atomic mass is 16.5. The second-order valence-corrected chi connectivity index (χ2v) is 7.78. The van der Waals surface area contributed by atoms with Crippen LogP contribution in [0.1, 0.15) is 52.8 Å². The first kappa shape index (κ1) is 21.9. The first-order chi connectivity index (χ1) is 14.3. The van der Waals surface area contributed by atoms with Crippen molar-refractivity contribution >= 4 is 17.6 Å². The molecule has 0 spiro atoms. The molecule has 0 radical (unpaired) electrons. The van der Waals surface area contributed by atoms with Gasteiger partial charge in [-0.3, -0.25) is 9.59 Å². The van der Waals surface area contributed by atoms with Crippen molar-refractivity contribution in [1.82, 2.24) is 0 Å². The van der Waals surface area contributed by atoms with Crippen molar-refractivity contribution in [3.05, 3.63) is 57.1 Å². The minimum Gasteiger partial charge on any atom is -0.494 e. The van der Waals surface area contributed by atoms with Crippen molar-refractivity contribution in [2.24, 2.45) is 0 Å². The molecule has 2 aromatic carbocycles. The molecule has 160 valence electrons. The van der Waals surface area contributed by atoms with Gasteiger partial charge >= 0.3 is 5.97 Å². The van der Waals surface area contributed by atoms with Gasteiger partial charge in [-0.25, -0.2) is 0 Å². The van der Waals surface area contributed by atoms with Crippen molar-refractivity contribution < 1.29 is 19.1 Å². The van der Waals surface area contributed by atoms with Crippen LogP contribution in [0.15, 0.2) is 18.2 Å². The molecule has 1 heterocycles. The molecule has 0 atom stereocenters. The van der Waals surface area contributed by atoms with Crippen LogP contribution < -0.4 is 9.64 Å². The summed E-state index contributed by atoms with van der Waals surface area (Å²) in [4.78, 5) is 27.2. The summed E-state index contributed by atoms with van der Waals surface area (Å²) in [7, 11) is 1.64. The van der Waals surface area contributed by atoms with Gasteiger partial charge in [0.1, 0.15) is 5.75 Å². The Hall–Kier alpha value is -2.82. The van der Waals surface area contributed by atoms with Gasteiger partial charge in [-0.2, -0.15) is 0 Å². The molecule has 2 aromatic rings. The number of benzene rings is 2. The molecule has 0 bridgehead atoms. The maximum atomic E-state index is 13.2. The van der Waals surface area contributed by atoms with Gasteiger partial charge < -0.3 is 14.4 Å². The van der Waals surface area contributed by atoms with Crippen molar-refractivity contribution in [1.29, 1.82) is 0 Å². The Balaban J connectivity index is 2.10. The Kier molecular flexibility index (Phi) is 6.49. The molecule has 0 saturated carbocycles. The smallest absolute Gasteiger partial charge is 0.310 e. The number of hydrogen-bond acceptors (Lipinski definition) is 4. The van der Waals surface area contributed by atoms with Gasteiger partial charge in [0.2, 0.25) is 5.91 Å². The third-order valence-corrected chi connectivity index (χ3v) is 6.15. The van der Waals surface area contributed by atoms with Crippen LogP contribution in [-0.2, 0) is 40.1 Å². The molecule has 1 aliphatic rings. The highest BCUT2D eigenvalue weighted by molar-refractivity contribution is 5.98. The predicted octanol–water partition coefficient (Wildman–Crippen LogP) is 4.38. The molecule has 0 aromatic heterocycles. The second kappa shape index (κ2) is 8.90. The fourth-order valence-electron chi connectivity index (χ4n) is 4.62. The average molecular weight is 410 g/mol. The Morgan fingerprint density at radius 1 is 1.07 bits per heavy atom. The normalized spacial score (nSPS) is 13.3. The summed E-state index contributed by atoms with van der Waals surface area (Å²) in [5.74, 6) is 0.557. The summed E-state index contributed by atoms with van der Waals surface area (Å²) in [6, 6.07) is 5.87. The highest BCUT2D eigenvalue weighted by Crippen LogP contribution is 2.38. The zero-order valence-electron chi connectivity index (χ0n) is 18.8. The number of nitrogens with zero attached hydrogens (tertiary/aromatic N) is 1. The molecule has 1 amide bonds. The molecule has 3 rings (SSSR count). The van der Waals surface area contributed by atoms with Crippen molar-refractivity contribution in [2.75, 3.05) is 18.6 Å². The van der Waals surface area contributed by atoms with E-state index in [1.54, 1.807) is 7.11 Å². The minimum absolute atomic E-state index is 0.0419. The lowest BCUT2D eigenvalue weighted by Gasteiger charge is -2.34. The summed E-state index contributed by atoms with van der Waals surface area (Å²) < 4.78 is 10.8. The molecule has 0 fully saturated rings. The Labute approximate surface area is 179 Å². The minimum atomic E-state index is -0.220. The molecule has 30 heavy (non-hydrogen) atoms. The standard InChI is InChI=1S/C25H31NO4/c1-7-18-16(4)21-14-26(22-11-9-10-15(3)25(22)29-6)23(27)12-19(21)17(5)20(18)13-24(28)30-8-2/h9-11H,7-8,12-14H2,1-6H3. The molecule has 0 saturated heterocycles. The number of esters is 1. The Bertz CT molecular complexity index is 993. The Morgan fingerprint density at radius 3 is 2.40 bits per heavy atom. The van der Waals surface area contributed by atoms with Crippen LogP contribution in [0.2, 0.25) is 0 Å². The number of fused-ring (bicyclic) bond motifs is 1. The summed E-state index contributed by atoms with van der Waals surface area (Å²) in [6.45, 7) is 10.9. The van der Waals surface area contributed by atoms with Gasteiger partial charge in [-0.15, -0.1) is 0 Å². The largest absolute Gasteiger partial charge is 0.494 e. The van der Waals surface area contributed by atoms with Crippen LogP contribution in [0.4, 0.5) is 5.69 Å². The predicted molar refractivity (Wildman–Crippen MR) is 118 cm³/mol. The number of hydrogen-bond donors (Lipinski definition) is 0. The van der Waals surface area contributed by atoms with Crippen LogP contribution in [0.25, 0.3) is 0 Å². The maximum Gasteiger partial charge on any atom is 0.310 e. The first-order valence-electron chi connectivity index (χ1n) is 10.6. The van der Waals surface area contributed by atoms with Gasteiger partial charge in [0.15, 0.2) is 0 Å². The fourth-order valence-corrected chi connectivity index (χ4v) is 4.62. The van der Waals surface area contributed by atoms with Crippen LogP contribution in [-0.4, -0.2) is 25.6 Å². The molecule has 0 unspecified atom stereocenters. The number of amides is 1. The van der Waals surface area contributed by atoms with Crippen LogP contribution >= 0.6 is 0 Å². The molecular weight excluding hydrogens is 378 g/mol. The lowest BCUT2D eigenvalue weighted by molar-refractivity contribution is -0.142. The Morgan fingerprint density at radius 2 is 1.77 bits per heavy atom. The van der Waals surface area contributed by atoms with E-state index in [4.69, 9.17) is 9.47 Å². The summed E-state index contributed by atoms with van der Waals surface area (Å²) >= 11 is 0. The van der Waals surface area contributed by atoms with E-state index < -0.39 is 0 Å². The lowest BCUT2D eigenvalue weighted by atomic mass is 9.82. The highest BCUT2D eigenvalue weighted by Gasteiger charge is 2.31. The van der Waals surface area contributed by atoms with E-state index >= 15 is 0 Å². The number of aryl methyl sites for hydroxylation is 1. The van der Waals surface area contributed by atoms with E-state index in [2.05, 4.69) is 13.8 Å². The lowest BCUT2D eigenvalue weighted by Crippen LogP contribution is -2.38. The van der Waals surface area contributed by atoms with Crippen molar-refractivity contribution in [3.8, 4) is 5.75 Å². The van der Waals surface area contributed by atoms with E-state index in [0.29, 0.717) is 19.6 Å². The molecule has 1 aliphatic heterocycles. The summed E-state index contributed by atoms with van der Waals surface area (Å²) in [5.41, 5.74) is 8.45. The molecule has 0 N–H and O–H groups in total. The van der Waals surface area contributed by atoms with E-state index in [1.807, 2.05) is 43.9 Å². The third-order valence-electron chi connectivity index (χ3n) is 6.15. The zero-order chi connectivity index (χ0) is 22.0. The van der Waals surface area contributed by atoms with Gasteiger partial charge in [-0.1, -0.05) is 19.1 Å². The molecule has 5 nitrogen and oxygen atoms in total. The van der Waals surface area contributed by atoms with Gasteiger partial charge in [-0.05, 0) is 79.1 Å². The monoisotopic (exact) mass is 409 g/mol. The van der Waals surface area contributed by atoms with E-state index in [0.717, 1.165) is 40.1 Å². The van der Waals surface area contributed by atoms with Gasteiger partial charge in [0, 0.05) is 0 Å². The number of para-hydroxylation sites is 1. The molecule has 5 heteroatoms. The maximum absolute atomic E-state index is 13.2. The van der Waals surface area contributed by atoms with Crippen LogP contribution in [0.3, 0.4) is 0 Å². The summed E-state index contributed by atoms with van der Waals surface area (Å²) in [5, 5.41) is 0. The quantitative estimate of drug-likeness (QED) is 0.665. The summed E-state index contributed by atoms with van der Waals surface area (Å²) in [6.07, 6.45) is 1.40. The van der Waals surface area contributed by atoms with Crippen molar-refractivity contribution in [2.45, 2.75) is 60.4 Å². The number of rotatable bonds is 6. The third kappa shape index (κ3) is 3.81. The van der Waals surface area contributed by atoms with E-state index in [1.165, 1.54) is 16.7 Å². The number of anilines is 1. The van der Waals surface area contributed by atoms with E-state index in [-0.39, 0.29) is 18.3 Å². The van der Waals surface area contributed by atoms with Crippen LogP contribution in [0, 0.1) is 20.8 Å².